The number of anilines is 6. The van der Waals surface area contributed by atoms with Crippen molar-refractivity contribution < 1.29 is 0 Å². The first-order valence-electron chi connectivity index (χ1n) is 25.2. The van der Waals surface area contributed by atoms with Crippen LogP contribution >= 0.6 is 0 Å². The molecule has 3 aliphatic rings. The summed E-state index contributed by atoms with van der Waals surface area (Å²) in [6.07, 6.45) is 0. The van der Waals surface area contributed by atoms with Gasteiger partial charge in [-0.15, -0.1) is 0 Å². The summed E-state index contributed by atoms with van der Waals surface area (Å²) in [6, 6.07) is 99.0. The molecule has 0 saturated carbocycles. The van der Waals surface area contributed by atoms with E-state index in [4.69, 9.17) is 0 Å². The normalized spacial score (nSPS) is 13.9. The molecule has 11 aromatic rings. The number of nitrogens with zero attached hydrogens (tertiary/aromatic N) is 2. The lowest BCUT2D eigenvalue weighted by Crippen LogP contribution is -2.36. The summed E-state index contributed by atoms with van der Waals surface area (Å²) in [4.78, 5) is 4.92. The Morgan fingerprint density at radius 2 is 0.667 bits per heavy atom. The zero-order valence-electron chi connectivity index (χ0n) is 40.3. The molecule has 2 nitrogen and oxygen atoms in total. The van der Waals surface area contributed by atoms with Crippen molar-refractivity contribution in [2.45, 2.75) is 24.7 Å². The van der Waals surface area contributed by atoms with Crippen LogP contribution in [0.1, 0.15) is 47.2 Å². The average molecular weight is 919 g/mol. The van der Waals surface area contributed by atoms with Gasteiger partial charge in [0.2, 0.25) is 0 Å². The van der Waals surface area contributed by atoms with Gasteiger partial charge in [-0.2, -0.15) is 0 Å². The maximum absolute atomic E-state index is 2.47. The maximum atomic E-state index is 2.47. The van der Waals surface area contributed by atoms with E-state index < -0.39 is 5.41 Å². The second kappa shape index (κ2) is 16.3. The molecular formula is C70H50N2. The minimum Gasteiger partial charge on any atom is -0.310 e. The fourth-order valence-corrected chi connectivity index (χ4v) is 12.5. The third-order valence-corrected chi connectivity index (χ3v) is 15.9. The van der Waals surface area contributed by atoms with Gasteiger partial charge >= 0.3 is 0 Å². The molecule has 1 heterocycles. The van der Waals surface area contributed by atoms with Crippen LogP contribution in [0.25, 0.3) is 55.6 Å². The van der Waals surface area contributed by atoms with E-state index in [-0.39, 0.29) is 5.41 Å². The molecule has 2 heteroatoms. The van der Waals surface area contributed by atoms with Gasteiger partial charge in [0.05, 0.1) is 16.8 Å². The number of para-hydroxylation sites is 3. The predicted octanol–water partition coefficient (Wildman–Crippen LogP) is 18.6. The quantitative estimate of drug-likeness (QED) is 0.157. The molecule has 1 aliphatic heterocycles. The van der Waals surface area contributed by atoms with Crippen LogP contribution in [-0.4, -0.2) is 0 Å². The predicted molar refractivity (Wildman–Crippen MR) is 301 cm³/mol. The van der Waals surface area contributed by atoms with E-state index in [0.717, 1.165) is 22.7 Å². The number of hydrogen-bond acceptors (Lipinski definition) is 2. The fraction of sp³-hybridized carbons (Fsp3) is 0.0571. The van der Waals surface area contributed by atoms with Gasteiger partial charge in [0, 0.05) is 28.2 Å². The molecule has 340 valence electrons. The standard InChI is InChI=1S/C70H50N2/c1-69(2)61-23-11-9-21-57(61)59-43-41-56(46-66(59)69)71(54-39-37-52(38-40-54)51-35-33-50(34-36-51)49-31-29-48(30-32-49)47-17-5-3-6-18-47)55-42-44-63-60(45-55)58-22-10-12-24-62(58)70(63)64-25-13-15-27-67(64)72(53-19-7-4-8-20-53)68-28-16-14-26-65(68)70/h3-46H,1-2H3. The minimum absolute atomic E-state index is 0.147. The van der Waals surface area contributed by atoms with Gasteiger partial charge < -0.3 is 9.80 Å². The van der Waals surface area contributed by atoms with Crippen molar-refractivity contribution in [3.8, 4) is 55.6 Å². The van der Waals surface area contributed by atoms with Crippen molar-refractivity contribution in [1.82, 2.24) is 0 Å². The van der Waals surface area contributed by atoms with Gasteiger partial charge in [-0.25, -0.2) is 0 Å². The summed E-state index contributed by atoms with van der Waals surface area (Å²) >= 11 is 0. The summed E-state index contributed by atoms with van der Waals surface area (Å²) in [7, 11) is 0. The smallest absolute Gasteiger partial charge is 0.0754 e. The number of fused-ring (bicyclic) bond motifs is 12. The highest BCUT2D eigenvalue weighted by atomic mass is 15.2. The first-order chi connectivity index (χ1) is 35.5. The number of hydrogen-bond donors (Lipinski definition) is 0. The van der Waals surface area contributed by atoms with Gasteiger partial charge in [-0.05, 0) is 150 Å². The third kappa shape index (κ3) is 6.28. The Labute approximate surface area is 422 Å². The number of rotatable bonds is 7. The van der Waals surface area contributed by atoms with Crippen LogP contribution in [0.5, 0.6) is 0 Å². The molecule has 11 aromatic carbocycles. The molecule has 0 N–H and O–H groups in total. The Morgan fingerprint density at radius 3 is 1.25 bits per heavy atom. The first-order valence-corrected chi connectivity index (χ1v) is 25.2. The highest BCUT2D eigenvalue weighted by Crippen LogP contribution is 2.64. The molecule has 72 heavy (non-hydrogen) atoms. The van der Waals surface area contributed by atoms with Crippen LogP contribution in [0.2, 0.25) is 0 Å². The van der Waals surface area contributed by atoms with Crippen molar-refractivity contribution in [3.63, 3.8) is 0 Å². The summed E-state index contributed by atoms with van der Waals surface area (Å²) in [5.41, 5.74) is 26.6. The molecule has 0 saturated heterocycles. The van der Waals surface area contributed by atoms with Gasteiger partial charge in [0.1, 0.15) is 0 Å². The second-order valence-electron chi connectivity index (χ2n) is 20.0. The Morgan fingerprint density at radius 1 is 0.278 bits per heavy atom. The Kier molecular flexibility index (Phi) is 9.50. The SMILES string of the molecule is CC1(C)c2ccccc2-c2ccc(N(c3ccc(-c4ccc(-c5ccc(-c6ccccc6)cc5)cc4)cc3)c3ccc4c(c3)-c3ccccc3C43c4ccccc4N(c4ccccc4)c4ccccc43)cc21. The van der Waals surface area contributed by atoms with E-state index in [9.17, 15) is 0 Å². The Hall–Kier alpha value is -8.98. The van der Waals surface area contributed by atoms with Gasteiger partial charge in [-0.3, -0.25) is 0 Å². The zero-order chi connectivity index (χ0) is 48.0. The van der Waals surface area contributed by atoms with Gasteiger partial charge in [0.25, 0.3) is 0 Å². The number of benzene rings is 11. The lowest BCUT2D eigenvalue weighted by atomic mass is 9.64. The molecule has 0 bridgehead atoms. The van der Waals surface area contributed by atoms with E-state index in [2.05, 4.69) is 291 Å². The maximum Gasteiger partial charge on any atom is 0.0754 e. The monoisotopic (exact) mass is 918 g/mol. The molecule has 2 aliphatic carbocycles. The van der Waals surface area contributed by atoms with Crippen LogP contribution in [0.3, 0.4) is 0 Å². The highest BCUT2D eigenvalue weighted by molar-refractivity contribution is 5.97. The first kappa shape index (κ1) is 41.9. The van der Waals surface area contributed by atoms with E-state index in [1.54, 1.807) is 0 Å². The molecule has 0 atom stereocenters. The summed E-state index contributed by atoms with van der Waals surface area (Å²) in [6.45, 7) is 4.74. The zero-order valence-corrected chi connectivity index (χ0v) is 40.3. The molecule has 1 spiro atoms. The van der Waals surface area contributed by atoms with Crippen molar-refractivity contribution in [2.24, 2.45) is 0 Å². The van der Waals surface area contributed by atoms with E-state index in [0.29, 0.717) is 0 Å². The molecule has 0 radical (unpaired) electrons. The lowest BCUT2D eigenvalue weighted by Gasteiger charge is -2.45. The van der Waals surface area contributed by atoms with Gasteiger partial charge in [0.15, 0.2) is 0 Å². The van der Waals surface area contributed by atoms with Crippen LogP contribution in [0.15, 0.2) is 267 Å². The Balaban J connectivity index is 0.895. The minimum atomic E-state index is -0.528. The van der Waals surface area contributed by atoms with Crippen LogP contribution in [0.4, 0.5) is 34.1 Å². The second-order valence-corrected chi connectivity index (χ2v) is 20.0. The molecular weight excluding hydrogens is 869 g/mol. The third-order valence-electron chi connectivity index (χ3n) is 15.9. The van der Waals surface area contributed by atoms with Crippen molar-refractivity contribution in [3.05, 3.63) is 300 Å². The molecule has 14 rings (SSSR count). The molecule has 0 amide bonds. The molecule has 0 fully saturated rings. The summed E-state index contributed by atoms with van der Waals surface area (Å²) in [5, 5.41) is 0. The topological polar surface area (TPSA) is 6.48 Å². The molecule has 0 aromatic heterocycles. The van der Waals surface area contributed by atoms with Crippen LogP contribution in [-0.2, 0) is 10.8 Å². The highest BCUT2D eigenvalue weighted by Gasteiger charge is 2.51. The van der Waals surface area contributed by atoms with Gasteiger partial charge in [-0.1, -0.05) is 220 Å². The van der Waals surface area contributed by atoms with E-state index >= 15 is 0 Å². The lowest BCUT2D eigenvalue weighted by molar-refractivity contribution is 0.660. The molecule has 0 unspecified atom stereocenters. The Bertz CT molecular complexity index is 3820. The van der Waals surface area contributed by atoms with Crippen molar-refractivity contribution in [2.75, 3.05) is 9.80 Å². The summed E-state index contributed by atoms with van der Waals surface area (Å²) < 4.78 is 0. The van der Waals surface area contributed by atoms with Crippen molar-refractivity contribution in [1.29, 1.82) is 0 Å². The average Bonchev–Trinajstić information content (AvgIpc) is 3.87. The largest absolute Gasteiger partial charge is 0.310 e. The van der Waals surface area contributed by atoms with Crippen molar-refractivity contribution >= 4 is 34.1 Å². The van der Waals surface area contributed by atoms with Crippen LogP contribution in [0, 0.1) is 0 Å². The summed E-state index contributed by atoms with van der Waals surface area (Å²) in [5.74, 6) is 0. The van der Waals surface area contributed by atoms with E-state index in [1.165, 1.54) is 100 Å². The van der Waals surface area contributed by atoms with E-state index in [1.807, 2.05) is 0 Å². The van der Waals surface area contributed by atoms with Crippen LogP contribution < -0.4 is 9.80 Å². The fourth-order valence-electron chi connectivity index (χ4n) is 12.5.